The van der Waals surface area contributed by atoms with Gasteiger partial charge >= 0.3 is 6.03 Å². The summed E-state index contributed by atoms with van der Waals surface area (Å²) in [5, 5.41) is 5.76. The molecule has 0 aliphatic carbocycles. The van der Waals surface area contributed by atoms with E-state index in [0.29, 0.717) is 24.3 Å². The summed E-state index contributed by atoms with van der Waals surface area (Å²) < 4.78 is 30.6. The van der Waals surface area contributed by atoms with Gasteiger partial charge in [-0.2, -0.15) is 4.31 Å². The number of sulfonamides is 1. The molecule has 24 heavy (non-hydrogen) atoms. The van der Waals surface area contributed by atoms with E-state index < -0.39 is 10.0 Å². The second-order valence-electron chi connectivity index (χ2n) is 6.44. The molecule has 132 valence electrons. The zero-order valence-corrected chi connectivity index (χ0v) is 14.7. The van der Waals surface area contributed by atoms with Crippen LogP contribution in [-0.4, -0.2) is 50.2 Å². The second kappa shape index (κ2) is 6.60. The van der Waals surface area contributed by atoms with Crippen molar-refractivity contribution >= 4 is 21.7 Å². The van der Waals surface area contributed by atoms with Crippen molar-refractivity contribution in [3.05, 3.63) is 24.3 Å². The van der Waals surface area contributed by atoms with Crippen molar-refractivity contribution in [1.82, 2.24) is 9.62 Å². The third kappa shape index (κ3) is 3.49. The Kier molecular flexibility index (Phi) is 4.69. The van der Waals surface area contributed by atoms with Crippen LogP contribution in [0.3, 0.4) is 0 Å². The van der Waals surface area contributed by atoms with Gasteiger partial charge in [-0.3, -0.25) is 0 Å². The monoisotopic (exact) mass is 353 g/mol. The second-order valence-corrected chi connectivity index (χ2v) is 8.33. The highest BCUT2D eigenvalue weighted by Gasteiger charge is 2.45. The first kappa shape index (κ1) is 17.0. The minimum atomic E-state index is -3.18. The zero-order valence-electron chi connectivity index (χ0n) is 13.9. The van der Waals surface area contributed by atoms with Crippen LogP contribution in [0.4, 0.5) is 10.5 Å². The lowest BCUT2D eigenvalue weighted by Gasteiger charge is -2.37. The number of urea groups is 1. The minimum Gasteiger partial charge on any atom is -0.495 e. The van der Waals surface area contributed by atoms with Gasteiger partial charge in [0.15, 0.2) is 0 Å². The topological polar surface area (TPSA) is 87.7 Å². The normalized spacial score (nSPS) is 26.8. The smallest absolute Gasteiger partial charge is 0.319 e. The molecule has 0 spiro atoms. The highest BCUT2D eigenvalue weighted by molar-refractivity contribution is 7.88. The lowest BCUT2D eigenvalue weighted by Crippen LogP contribution is -2.52. The number of methoxy groups -OCH3 is 1. The van der Waals surface area contributed by atoms with E-state index >= 15 is 0 Å². The molecular formula is C16H23N3O4S. The number of para-hydroxylation sites is 2. The van der Waals surface area contributed by atoms with Crippen LogP contribution in [0.2, 0.25) is 0 Å². The number of ether oxygens (including phenoxy) is 1. The average molecular weight is 353 g/mol. The fraction of sp³-hybridized carbons (Fsp3) is 0.562. The molecule has 2 fully saturated rings. The van der Waals surface area contributed by atoms with Crippen LogP contribution in [0.15, 0.2) is 24.3 Å². The molecule has 2 aliphatic heterocycles. The molecule has 1 aromatic rings. The molecule has 0 radical (unpaired) electrons. The minimum absolute atomic E-state index is 0.00434. The number of carbonyl (C=O) groups is 1. The van der Waals surface area contributed by atoms with Gasteiger partial charge in [0.05, 0.1) is 19.1 Å². The van der Waals surface area contributed by atoms with Crippen LogP contribution in [-0.2, 0) is 10.0 Å². The Balaban J connectivity index is 1.61. The van der Waals surface area contributed by atoms with E-state index in [2.05, 4.69) is 10.6 Å². The van der Waals surface area contributed by atoms with Crippen LogP contribution >= 0.6 is 0 Å². The number of anilines is 1. The van der Waals surface area contributed by atoms with Crippen LogP contribution in [0.1, 0.15) is 25.7 Å². The van der Waals surface area contributed by atoms with E-state index in [4.69, 9.17) is 4.74 Å². The van der Waals surface area contributed by atoms with Crippen molar-refractivity contribution in [3.8, 4) is 5.75 Å². The predicted octanol–water partition coefficient (Wildman–Crippen LogP) is 1.77. The van der Waals surface area contributed by atoms with Gasteiger partial charge < -0.3 is 15.4 Å². The van der Waals surface area contributed by atoms with Gasteiger partial charge in [-0.1, -0.05) is 12.1 Å². The SMILES string of the molecule is COc1ccccc1NC(=O)NC1CC2CCC(C1)N2S(C)(=O)=O. The lowest BCUT2D eigenvalue weighted by molar-refractivity contribution is 0.204. The summed E-state index contributed by atoms with van der Waals surface area (Å²) in [4.78, 5) is 12.3. The van der Waals surface area contributed by atoms with E-state index in [1.807, 2.05) is 12.1 Å². The van der Waals surface area contributed by atoms with E-state index in [0.717, 1.165) is 12.8 Å². The number of hydrogen-bond donors (Lipinski definition) is 2. The third-order valence-electron chi connectivity index (χ3n) is 4.74. The summed E-state index contributed by atoms with van der Waals surface area (Å²) in [5.74, 6) is 0.597. The molecule has 2 aliphatic rings. The van der Waals surface area contributed by atoms with Crippen molar-refractivity contribution < 1.29 is 17.9 Å². The third-order valence-corrected chi connectivity index (χ3v) is 6.10. The molecular weight excluding hydrogens is 330 g/mol. The van der Waals surface area contributed by atoms with Gasteiger partial charge in [0.25, 0.3) is 0 Å². The molecule has 2 bridgehead atoms. The van der Waals surface area contributed by atoms with Crippen LogP contribution in [0.5, 0.6) is 5.75 Å². The van der Waals surface area contributed by atoms with Crippen molar-refractivity contribution in [2.45, 2.75) is 43.8 Å². The summed E-state index contributed by atoms with van der Waals surface area (Å²) in [7, 11) is -1.63. The summed E-state index contributed by atoms with van der Waals surface area (Å²) in [6.45, 7) is 0. The molecule has 1 aromatic carbocycles. The number of nitrogens with zero attached hydrogens (tertiary/aromatic N) is 1. The molecule has 8 heteroatoms. The van der Waals surface area contributed by atoms with E-state index in [1.54, 1.807) is 23.5 Å². The predicted molar refractivity (Wildman–Crippen MR) is 91.7 cm³/mol. The largest absolute Gasteiger partial charge is 0.495 e. The van der Waals surface area contributed by atoms with E-state index in [9.17, 15) is 13.2 Å². The van der Waals surface area contributed by atoms with Crippen molar-refractivity contribution in [2.75, 3.05) is 18.7 Å². The van der Waals surface area contributed by atoms with Crippen LogP contribution in [0.25, 0.3) is 0 Å². The first-order valence-corrected chi connectivity index (χ1v) is 9.92. The van der Waals surface area contributed by atoms with Crippen molar-refractivity contribution in [3.63, 3.8) is 0 Å². The zero-order chi connectivity index (χ0) is 17.3. The number of hydrogen-bond acceptors (Lipinski definition) is 4. The quantitative estimate of drug-likeness (QED) is 0.864. The number of amides is 2. The summed E-state index contributed by atoms with van der Waals surface area (Å²) in [6, 6.07) is 6.88. The van der Waals surface area contributed by atoms with Gasteiger partial charge in [0.1, 0.15) is 5.75 Å². The molecule has 2 N–H and O–H groups in total. The maximum absolute atomic E-state index is 12.3. The number of benzene rings is 1. The fourth-order valence-corrected chi connectivity index (χ4v) is 5.35. The Hall–Kier alpha value is -1.80. The molecule has 7 nitrogen and oxygen atoms in total. The van der Waals surface area contributed by atoms with E-state index in [-0.39, 0.29) is 24.2 Å². The number of rotatable bonds is 4. The molecule has 0 aromatic heterocycles. The van der Waals surface area contributed by atoms with E-state index in [1.165, 1.54) is 6.26 Å². The lowest BCUT2D eigenvalue weighted by atomic mass is 10.00. The Morgan fingerprint density at radius 1 is 1.21 bits per heavy atom. The maximum atomic E-state index is 12.3. The Labute approximate surface area is 142 Å². The Morgan fingerprint density at radius 3 is 2.42 bits per heavy atom. The van der Waals surface area contributed by atoms with Crippen LogP contribution < -0.4 is 15.4 Å². The Bertz CT molecular complexity index is 708. The summed E-state index contributed by atoms with van der Waals surface area (Å²) in [5.41, 5.74) is 0.606. The first-order valence-electron chi connectivity index (χ1n) is 8.07. The van der Waals surface area contributed by atoms with Gasteiger partial charge in [-0.25, -0.2) is 13.2 Å². The number of nitrogens with one attached hydrogen (secondary N) is 2. The molecule has 2 saturated heterocycles. The average Bonchev–Trinajstić information content (AvgIpc) is 2.80. The summed E-state index contributed by atoms with van der Waals surface area (Å²) in [6.07, 6.45) is 4.31. The van der Waals surface area contributed by atoms with Gasteiger partial charge in [-0.15, -0.1) is 0 Å². The number of carbonyl (C=O) groups excluding carboxylic acids is 1. The molecule has 2 heterocycles. The highest BCUT2D eigenvalue weighted by atomic mass is 32.2. The molecule has 2 amide bonds. The first-order chi connectivity index (χ1) is 11.4. The maximum Gasteiger partial charge on any atom is 0.319 e. The molecule has 2 atom stereocenters. The summed E-state index contributed by atoms with van der Waals surface area (Å²) >= 11 is 0. The highest BCUT2D eigenvalue weighted by Crippen LogP contribution is 2.37. The van der Waals surface area contributed by atoms with Crippen molar-refractivity contribution in [2.24, 2.45) is 0 Å². The molecule has 3 rings (SSSR count). The Morgan fingerprint density at radius 2 is 1.83 bits per heavy atom. The molecule has 2 unspecified atom stereocenters. The van der Waals surface area contributed by atoms with Crippen molar-refractivity contribution in [1.29, 1.82) is 0 Å². The number of piperidine rings is 1. The van der Waals surface area contributed by atoms with Gasteiger partial charge in [-0.05, 0) is 37.8 Å². The van der Waals surface area contributed by atoms with Crippen LogP contribution in [0, 0.1) is 0 Å². The van der Waals surface area contributed by atoms with Gasteiger partial charge in [0, 0.05) is 18.1 Å². The number of fused-ring (bicyclic) bond motifs is 2. The fourth-order valence-electron chi connectivity index (χ4n) is 3.89. The standard InChI is InChI=1S/C16H23N3O4S/c1-23-15-6-4-3-5-14(15)18-16(20)17-11-9-12-7-8-13(10-11)19(12)24(2,21)22/h3-6,11-13H,7-10H2,1-2H3,(H2,17,18,20). The molecule has 0 saturated carbocycles. The van der Waals surface area contributed by atoms with Gasteiger partial charge in [0.2, 0.25) is 10.0 Å².